The highest BCUT2D eigenvalue weighted by molar-refractivity contribution is 6.01. The summed E-state index contributed by atoms with van der Waals surface area (Å²) in [6.45, 7) is 5.62. The molecule has 3 aromatic rings. The van der Waals surface area contributed by atoms with Gasteiger partial charge in [0.2, 0.25) is 11.8 Å². The third-order valence-corrected chi connectivity index (χ3v) is 5.70. The smallest absolute Gasteiger partial charge is 0.244 e. The summed E-state index contributed by atoms with van der Waals surface area (Å²) in [4.78, 5) is 26.4. The fourth-order valence-electron chi connectivity index (χ4n) is 4.13. The lowest BCUT2D eigenvalue weighted by Gasteiger charge is -2.26. The summed E-state index contributed by atoms with van der Waals surface area (Å²) in [5.74, 6) is 0.565. The molecule has 2 amide bonds. The van der Waals surface area contributed by atoms with E-state index in [1.165, 1.54) is 39.3 Å². The first-order valence-corrected chi connectivity index (χ1v) is 11.2. The Bertz CT molecular complexity index is 1070. The summed E-state index contributed by atoms with van der Waals surface area (Å²) in [5.41, 5.74) is 2.36. The largest absolute Gasteiger partial charge is 0.492 e. The molecule has 0 radical (unpaired) electrons. The lowest BCUT2D eigenvalue weighted by molar-refractivity contribution is -0.116. The maximum Gasteiger partial charge on any atom is 0.244 e. The van der Waals surface area contributed by atoms with E-state index in [1.54, 1.807) is 0 Å². The van der Waals surface area contributed by atoms with Crippen molar-refractivity contribution in [1.29, 1.82) is 0 Å². The number of hydrogen-bond donors (Lipinski definition) is 2. The third-order valence-electron chi connectivity index (χ3n) is 5.70. The van der Waals surface area contributed by atoms with Crippen molar-refractivity contribution in [1.82, 2.24) is 9.47 Å². The van der Waals surface area contributed by atoms with Gasteiger partial charge < -0.3 is 19.9 Å². The number of carbonyl (C=O) groups is 2. The number of anilines is 2. The Morgan fingerprint density at radius 2 is 1.75 bits per heavy atom. The number of fused-ring (bicyclic) bond motifs is 1. The summed E-state index contributed by atoms with van der Waals surface area (Å²) in [5, 5.41) is 6.66. The number of nitrogens with one attached hydrogen (secondary N) is 2. The molecule has 1 aliphatic rings. The predicted molar refractivity (Wildman–Crippen MR) is 127 cm³/mol. The maximum atomic E-state index is 12.6. The van der Waals surface area contributed by atoms with Gasteiger partial charge in [0.05, 0.1) is 11.2 Å². The van der Waals surface area contributed by atoms with Crippen LogP contribution in [0.3, 0.4) is 0 Å². The molecule has 7 heteroatoms. The molecule has 2 aromatic carbocycles. The number of ether oxygens (including phenoxy) is 1. The van der Waals surface area contributed by atoms with E-state index in [0.29, 0.717) is 6.61 Å². The fraction of sp³-hybridized carbons (Fsp3) is 0.360. The summed E-state index contributed by atoms with van der Waals surface area (Å²) in [7, 11) is 0. The van der Waals surface area contributed by atoms with Crippen LogP contribution in [-0.4, -0.2) is 47.5 Å². The quantitative estimate of drug-likeness (QED) is 0.560. The van der Waals surface area contributed by atoms with Crippen molar-refractivity contribution in [3.63, 3.8) is 0 Å². The van der Waals surface area contributed by atoms with Gasteiger partial charge in [0.25, 0.3) is 0 Å². The predicted octanol–water partition coefficient (Wildman–Crippen LogP) is 4.10. The van der Waals surface area contributed by atoms with Crippen LogP contribution < -0.4 is 15.4 Å². The molecular weight excluding hydrogens is 404 g/mol. The Balaban J connectivity index is 1.30. The van der Waals surface area contributed by atoms with Crippen LogP contribution in [0.1, 0.15) is 26.2 Å². The molecule has 0 aliphatic carbocycles. The molecule has 0 atom stereocenters. The van der Waals surface area contributed by atoms with Crippen molar-refractivity contribution in [3.8, 4) is 5.75 Å². The second-order valence-electron chi connectivity index (χ2n) is 8.19. The highest BCUT2D eigenvalue weighted by atomic mass is 16.5. The molecule has 1 aromatic heterocycles. The van der Waals surface area contributed by atoms with Crippen LogP contribution in [0.2, 0.25) is 0 Å². The van der Waals surface area contributed by atoms with Crippen molar-refractivity contribution in [2.24, 2.45) is 0 Å². The molecule has 7 nitrogen and oxygen atoms in total. The Morgan fingerprint density at radius 3 is 2.50 bits per heavy atom. The molecule has 1 saturated heterocycles. The van der Waals surface area contributed by atoms with E-state index in [2.05, 4.69) is 15.5 Å². The average Bonchev–Trinajstić information content (AvgIpc) is 3.19. The standard InChI is InChI=1S/C25H30N4O3/c1-19(30)26-23-6-5-7-24-22(23)12-15-29(24)18-25(31)27-20-8-10-21(11-9-20)32-17-16-28-13-3-2-4-14-28/h5-12,15H,2-4,13-14,16-18H2,1H3,(H,26,30)(H,27,31). The van der Waals surface area contributed by atoms with Gasteiger partial charge >= 0.3 is 0 Å². The number of carbonyl (C=O) groups excluding carboxylic acids is 2. The normalized spacial score (nSPS) is 14.3. The summed E-state index contributed by atoms with van der Waals surface area (Å²) < 4.78 is 7.72. The van der Waals surface area contributed by atoms with Crippen molar-refractivity contribution < 1.29 is 14.3 Å². The number of amides is 2. The van der Waals surface area contributed by atoms with Gasteiger partial charge in [0.15, 0.2) is 0 Å². The molecule has 0 bridgehead atoms. The van der Waals surface area contributed by atoms with Crippen LogP contribution in [0.5, 0.6) is 5.75 Å². The van der Waals surface area contributed by atoms with Gasteiger partial charge in [-0.25, -0.2) is 0 Å². The lowest BCUT2D eigenvalue weighted by Crippen LogP contribution is -2.33. The van der Waals surface area contributed by atoms with Gasteiger partial charge in [-0.3, -0.25) is 14.5 Å². The van der Waals surface area contributed by atoms with Gasteiger partial charge in [0.1, 0.15) is 18.9 Å². The van der Waals surface area contributed by atoms with E-state index in [9.17, 15) is 9.59 Å². The van der Waals surface area contributed by atoms with Crippen molar-refractivity contribution in [2.45, 2.75) is 32.7 Å². The first-order valence-electron chi connectivity index (χ1n) is 11.2. The molecule has 0 saturated carbocycles. The summed E-state index contributed by atoms with van der Waals surface area (Å²) in [6, 6.07) is 15.0. The number of rotatable bonds is 8. The van der Waals surface area contributed by atoms with Gasteiger partial charge in [-0.2, -0.15) is 0 Å². The monoisotopic (exact) mass is 434 g/mol. The Kier molecular flexibility index (Phi) is 7.07. The van der Waals surface area contributed by atoms with Crippen LogP contribution in [0.25, 0.3) is 10.9 Å². The SMILES string of the molecule is CC(=O)Nc1cccc2c1ccn2CC(=O)Nc1ccc(OCCN2CCCCC2)cc1. The van der Waals surface area contributed by atoms with Crippen LogP contribution >= 0.6 is 0 Å². The van der Waals surface area contributed by atoms with E-state index in [1.807, 2.05) is 59.3 Å². The van der Waals surface area contributed by atoms with Gasteiger partial charge in [-0.1, -0.05) is 12.5 Å². The zero-order chi connectivity index (χ0) is 22.3. The second-order valence-corrected chi connectivity index (χ2v) is 8.19. The van der Waals surface area contributed by atoms with E-state index in [-0.39, 0.29) is 18.4 Å². The first-order chi connectivity index (χ1) is 15.6. The zero-order valence-corrected chi connectivity index (χ0v) is 18.5. The third kappa shape index (κ3) is 5.68. The van der Waals surface area contributed by atoms with Crippen LogP contribution in [0.4, 0.5) is 11.4 Å². The number of aromatic nitrogens is 1. The molecule has 1 fully saturated rings. The number of nitrogens with zero attached hydrogens (tertiary/aromatic N) is 2. The topological polar surface area (TPSA) is 75.6 Å². The minimum absolute atomic E-state index is 0.119. The molecule has 32 heavy (non-hydrogen) atoms. The molecule has 1 aliphatic heterocycles. The first kappa shape index (κ1) is 21.9. The Morgan fingerprint density at radius 1 is 0.969 bits per heavy atom. The molecule has 0 unspecified atom stereocenters. The molecule has 0 spiro atoms. The molecular formula is C25H30N4O3. The van der Waals surface area contributed by atoms with E-state index >= 15 is 0 Å². The molecule has 4 rings (SSSR count). The van der Waals surface area contributed by atoms with Crippen LogP contribution in [0.15, 0.2) is 54.7 Å². The number of benzene rings is 2. The van der Waals surface area contributed by atoms with E-state index in [0.717, 1.165) is 34.6 Å². The zero-order valence-electron chi connectivity index (χ0n) is 18.5. The Hall–Kier alpha value is -3.32. The number of hydrogen-bond acceptors (Lipinski definition) is 4. The molecule has 2 N–H and O–H groups in total. The Labute approximate surface area is 188 Å². The average molecular weight is 435 g/mol. The summed E-state index contributed by atoms with van der Waals surface area (Å²) in [6.07, 6.45) is 5.76. The van der Waals surface area contributed by atoms with Gasteiger partial charge in [-0.05, 0) is 68.4 Å². The number of likely N-dealkylation sites (tertiary alicyclic amines) is 1. The van der Waals surface area contributed by atoms with Crippen LogP contribution in [-0.2, 0) is 16.1 Å². The minimum atomic E-state index is -0.123. The minimum Gasteiger partial charge on any atom is -0.492 e. The lowest BCUT2D eigenvalue weighted by atomic mass is 10.1. The highest BCUT2D eigenvalue weighted by Crippen LogP contribution is 2.25. The fourth-order valence-corrected chi connectivity index (χ4v) is 4.13. The van der Waals surface area contributed by atoms with Crippen LogP contribution in [0, 0.1) is 0 Å². The van der Waals surface area contributed by atoms with Gasteiger partial charge in [-0.15, -0.1) is 0 Å². The highest BCUT2D eigenvalue weighted by Gasteiger charge is 2.11. The van der Waals surface area contributed by atoms with Crippen molar-refractivity contribution in [2.75, 3.05) is 36.9 Å². The second kappa shape index (κ2) is 10.3. The summed E-state index contributed by atoms with van der Waals surface area (Å²) >= 11 is 0. The van der Waals surface area contributed by atoms with E-state index in [4.69, 9.17) is 4.74 Å². The van der Waals surface area contributed by atoms with Gasteiger partial charge in [0, 0.05) is 30.7 Å². The van der Waals surface area contributed by atoms with E-state index < -0.39 is 0 Å². The number of piperidine rings is 1. The maximum absolute atomic E-state index is 12.6. The van der Waals surface area contributed by atoms with Crippen molar-refractivity contribution in [3.05, 3.63) is 54.7 Å². The molecule has 168 valence electrons. The molecule has 2 heterocycles. The van der Waals surface area contributed by atoms with Crippen molar-refractivity contribution >= 4 is 34.1 Å².